The summed E-state index contributed by atoms with van der Waals surface area (Å²) in [6.45, 7) is 0. The lowest BCUT2D eigenvalue weighted by atomic mass is 9.98. The number of nitrogens with zero attached hydrogens (tertiary/aromatic N) is 2. The highest BCUT2D eigenvalue weighted by Gasteiger charge is 2.49. The highest BCUT2D eigenvalue weighted by molar-refractivity contribution is 7.22. The first-order valence-electron chi connectivity index (χ1n) is 30.9. The predicted octanol–water partition coefficient (Wildman–Crippen LogP) is 12.4. The van der Waals surface area contributed by atoms with Crippen molar-refractivity contribution in [3.05, 3.63) is 376 Å². The Kier molecular flexibility index (Phi) is 13.6. The summed E-state index contributed by atoms with van der Waals surface area (Å²) in [5, 5.41) is 18.6. The Labute approximate surface area is 524 Å². The molecule has 0 amide bonds. The lowest BCUT2D eigenvalue weighted by Crippen LogP contribution is -2.78. The summed E-state index contributed by atoms with van der Waals surface area (Å²) < 4.78 is 2.60. The molecule has 0 spiro atoms. The van der Waals surface area contributed by atoms with Crippen molar-refractivity contribution in [2.24, 2.45) is 0 Å². The van der Waals surface area contributed by atoms with Crippen LogP contribution in [0.25, 0.3) is 38.6 Å². The van der Waals surface area contributed by atoms with Crippen molar-refractivity contribution < 1.29 is 0 Å². The third kappa shape index (κ3) is 8.57. The van der Waals surface area contributed by atoms with Gasteiger partial charge in [-0.1, -0.05) is 328 Å². The van der Waals surface area contributed by atoms with Crippen LogP contribution in [-0.4, -0.2) is 28.8 Å². The molecule has 2 heterocycles. The fraction of sp³-hybridized carbons (Fsp3) is 0. The maximum Gasteiger partial charge on any atom is 0.184 e. The molecule has 0 aliphatic carbocycles. The van der Waals surface area contributed by atoms with Crippen LogP contribution in [0.5, 0.6) is 0 Å². The number of anilines is 3. The van der Waals surface area contributed by atoms with Gasteiger partial charge in [-0.05, 0) is 122 Å². The molecule has 0 atom stereocenters. The van der Waals surface area contributed by atoms with Crippen LogP contribution in [0, 0.1) is 0 Å². The first-order chi connectivity index (χ1) is 44.2. The van der Waals surface area contributed by atoms with Crippen molar-refractivity contribution in [3.8, 4) is 16.8 Å². The van der Waals surface area contributed by atoms with Crippen molar-refractivity contribution >= 4 is 125 Å². The average Bonchev–Trinajstić information content (AvgIpc) is 1.43. The molecule has 2 nitrogen and oxygen atoms in total. The zero-order valence-electron chi connectivity index (χ0n) is 49.2. The second kappa shape index (κ2) is 22.6. The van der Waals surface area contributed by atoms with E-state index in [4.69, 9.17) is 0 Å². The Bertz CT molecular complexity index is 4580. The molecule has 15 aromatic rings. The Balaban J connectivity index is 0.970. The lowest BCUT2D eigenvalue weighted by Gasteiger charge is -2.45. The van der Waals surface area contributed by atoms with Gasteiger partial charge in [0.05, 0.1) is 11.0 Å². The SMILES string of the molecule is c1ccc([Si](c2ccccc2)(c2ccccc2)c2cc(-n3c4ccccc4c4c(-c5cccc(N6c7ccccc7[Si](c7ccccc7)(c7ccccc7)c7ccccc76)c5)cccc43)cc([Si](c3ccccc3)(c3ccccc3)c3ccccc3)c2)cc1. The fourth-order valence-corrected chi connectivity index (χ4v) is 30.2. The van der Waals surface area contributed by atoms with Crippen LogP contribution < -0.4 is 67.1 Å². The van der Waals surface area contributed by atoms with Gasteiger partial charge in [0.15, 0.2) is 24.2 Å². The molecule has 14 aromatic carbocycles. The van der Waals surface area contributed by atoms with E-state index < -0.39 is 24.2 Å². The first-order valence-corrected chi connectivity index (χ1v) is 36.9. The molecule has 420 valence electrons. The summed E-state index contributed by atoms with van der Waals surface area (Å²) in [6.07, 6.45) is 0. The molecule has 0 N–H and O–H groups in total. The molecule has 1 aliphatic rings. The van der Waals surface area contributed by atoms with E-state index >= 15 is 0 Å². The summed E-state index contributed by atoms with van der Waals surface area (Å²) in [4.78, 5) is 2.53. The molecule has 0 fully saturated rings. The Hall–Kier alpha value is -10.7. The van der Waals surface area contributed by atoms with Gasteiger partial charge in [-0.3, -0.25) is 0 Å². The van der Waals surface area contributed by atoms with Crippen molar-refractivity contribution in [1.82, 2.24) is 4.57 Å². The second-order valence-electron chi connectivity index (χ2n) is 23.4. The fourth-order valence-electron chi connectivity index (χ4n) is 15.3. The Morgan fingerprint density at radius 2 is 0.607 bits per heavy atom. The molecule has 5 heteroatoms. The zero-order chi connectivity index (χ0) is 59.2. The zero-order valence-corrected chi connectivity index (χ0v) is 52.2. The minimum absolute atomic E-state index is 1.12. The molecule has 0 saturated carbocycles. The van der Waals surface area contributed by atoms with Crippen LogP contribution in [0.4, 0.5) is 17.1 Å². The third-order valence-electron chi connectivity index (χ3n) is 18.9. The third-order valence-corrected chi connectivity index (χ3v) is 33.3. The van der Waals surface area contributed by atoms with Crippen LogP contribution in [0.2, 0.25) is 0 Å². The van der Waals surface area contributed by atoms with Gasteiger partial charge in [-0.15, -0.1) is 0 Å². The quantitative estimate of drug-likeness (QED) is 0.0825. The van der Waals surface area contributed by atoms with Gasteiger partial charge in [0.2, 0.25) is 0 Å². The van der Waals surface area contributed by atoms with Crippen molar-refractivity contribution in [1.29, 1.82) is 0 Å². The van der Waals surface area contributed by atoms with E-state index in [1.54, 1.807) is 0 Å². The lowest BCUT2D eigenvalue weighted by molar-refractivity contribution is 1.19. The van der Waals surface area contributed by atoms with Gasteiger partial charge in [-0.25, -0.2) is 0 Å². The molecular weight excluding hydrogens is 1120 g/mol. The minimum Gasteiger partial charge on any atom is -0.311 e. The van der Waals surface area contributed by atoms with Crippen LogP contribution in [0.3, 0.4) is 0 Å². The van der Waals surface area contributed by atoms with E-state index in [1.807, 2.05) is 0 Å². The smallest absolute Gasteiger partial charge is 0.184 e. The summed E-state index contributed by atoms with van der Waals surface area (Å²) in [5.41, 5.74) is 9.37. The standard InChI is InChI=1S/C84H62N2Si3/c1-9-35-66(36-10-1)87(67-37-11-2-12-38-67,68-39-13-3-14-40-68)74-60-65(61-75(62-74)88(69-41-15-4-16-42-69,70-43-17-5-18-44-70)71-45-19-6-20-46-71)86-78-53-26-25-51-77(78)84-76(52-32-56-81(84)86)63-33-31-34-64(59-63)85-79-54-27-29-57-82(79)89(72-47-21-7-22-48-72,73-49-23-8-24-50-73)83-58-30-28-55-80(83)85/h1-62H. The summed E-state index contributed by atoms with van der Waals surface area (Å²) >= 11 is 0. The van der Waals surface area contributed by atoms with Gasteiger partial charge < -0.3 is 9.47 Å². The van der Waals surface area contributed by atoms with Crippen LogP contribution in [-0.2, 0) is 0 Å². The average molecular weight is 1180 g/mol. The number of rotatable bonds is 13. The van der Waals surface area contributed by atoms with Gasteiger partial charge in [-0.2, -0.15) is 0 Å². The van der Waals surface area contributed by atoms with E-state index in [9.17, 15) is 0 Å². The summed E-state index contributed by atoms with van der Waals surface area (Å²) in [6, 6.07) is 143. The van der Waals surface area contributed by atoms with E-state index in [0.717, 1.165) is 28.0 Å². The molecule has 0 bridgehead atoms. The predicted molar refractivity (Wildman–Crippen MR) is 385 cm³/mol. The Morgan fingerprint density at radius 1 is 0.247 bits per heavy atom. The molecular formula is C84H62N2Si3. The number of hydrogen-bond acceptors (Lipinski definition) is 1. The maximum atomic E-state index is 2.66. The normalized spacial score (nSPS) is 12.8. The number of benzene rings is 14. The van der Waals surface area contributed by atoms with Gasteiger partial charge >= 0.3 is 0 Å². The number of fused-ring (bicyclic) bond motifs is 5. The second-order valence-corrected chi connectivity index (χ2v) is 34.8. The molecule has 0 unspecified atom stereocenters. The summed E-state index contributed by atoms with van der Waals surface area (Å²) in [7, 11) is -9.15. The number of para-hydroxylation sites is 3. The summed E-state index contributed by atoms with van der Waals surface area (Å²) in [5.74, 6) is 0. The molecule has 89 heavy (non-hydrogen) atoms. The highest BCUT2D eigenvalue weighted by atomic mass is 28.3. The van der Waals surface area contributed by atoms with Crippen LogP contribution in [0.15, 0.2) is 376 Å². The van der Waals surface area contributed by atoms with E-state index in [0.29, 0.717) is 0 Å². The monoisotopic (exact) mass is 1180 g/mol. The van der Waals surface area contributed by atoms with E-state index in [1.165, 1.54) is 90.0 Å². The minimum atomic E-state index is -3.17. The van der Waals surface area contributed by atoms with Crippen molar-refractivity contribution in [2.45, 2.75) is 0 Å². The number of aromatic nitrogens is 1. The van der Waals surface area contributed by atoms with Crippen LogP contribution >= 0.6 is 0 Å². The molecule has 0 radical (unpaired) electrons. The first kappa shape index (κ1) is 53.8. The van der Waals surface area contributed by atoms with Gasteiger partial charge in [0.25, 0.3) is 0 Å². The van der Waals surface area contributed by atoms with Gasteiger partial charge in [0.1, 0.15) is 0 Å². The van der Waals surface area contributed by atoms with Crippen molar-refractivity contribution in [3.63, 3.8) is 0 Å². The Morgan fingerprint density at radius 3 is 1.04 bits per heavy atom. The molecule has 1 aromatic heterocycles. The number of hydrogen-bond donors (Lipinski definition) is 0. The van der Waals surface area contributed by atoms with Crippen molar-refractivity contribution in [2.75, 3.05) is 4.90 Å². The molecule has 0 saturated heterocycles. The largest absolute Gasteiger partial charge is 0.311 e. The maximum absolute atomic E-state index is 3.17. The molecule has 1 aliphatic heterocycles. The van der Waals surface area contributed by atoms with E-state index in [2.05, 4.69) is 386 Å². The topological polar surface area (TPSA) is 8.17 Å². The van der Waals surface area contributed by atoms with Crippen LogP contribution in [0.1, 0.15) is 0 Å². The van der Waals surface area contributed by atoms with Gasteiger partial charge in [0, 0.05) is 33.5 Å². The molecule has 16 rings (SSSR count). The van der Waals surface area contributed by atoms with E-state index in [-0.39, 0.29) is 0 Å². The highest BCUT2D eigenvalue weighted by Crippen LogP contribution is 2.43.